The molecule has 1 aromatic carbocycles. The van der Waals surface area contributed by atoms with E-state index in [0.29, 0.717) is 18.2 Å². The van der Waals surface area contributed by atoms with Crippen LogP contribution in [0.3, 0.4) is 0 Å². The van der Waals surface area contributed by atoms with Crippen molar-refractivity contribution in [1.82, 2.24) is 0 Å². The van der Waals surface area contributed by atoms with Crippen LogP contribution in [0.4, 0.5) is 5.69 Å². The number of hydrogen-bond donors (Lipinski definition) is 1. The molecular weight excluding hydrogens is 318 g/mol. The first kappa shape index (κ1) is 15.8. The Kier molecular flexibility index (Phi) is 7.66. The van der Waals surface area contributed by atoms with Crippen molar-refractivity contribution in [3.05, 3.63) is 27.7 Å². The molecule has 0 saturated carbocycles. The van der Waals surface area contributed by atoms with Crippen molar-refractivity contribution in [3.8, 4) is 0 Å². The van der Waals surface area contributed by atoms with E-state index in [4.69, 9.17) is 21.1 Å². The average Bonchev–Trinajstić information content (AvgIpc) is 2.34. The molecule has 1 N–H and O–H groups in total. The summed E-state index contributed by atoms with van der Waals surface area (Å²) in [6, 6.07) is 5.66. The maximum Gasteiger partial charge on any atom is 0.159 e. The molecule has 0 aliphatic rings. The third-order valence-corrected chi connectivity index (χ3v) is 3.26. The fourth-order valence-corrected chi connectivity index (χ4v) is 2.10. The summed E-state index contributed by atoms with van der Waals surface area (Å²) in [5, 5.41) is 4.02. The van der Waals surface area contributed by atoms with Crippen molar-refractivity contribution < 1.29 is 9.47 Å². The minimum atomic E-state index is -0.148. The summed E-state index contributed by atoms with van der Waals surface area (Å²) in [4.78, 5) is 0. The SMILES string of the molecule is CCOC(CCNc1cc(Cl)ccc1Br)OCC. The van der Waals surface area contributed by atoms with Crippen LogP contribution in [0.5, 0.6) is 0 Å². The van der Waals surface area contributed by atoms with E-state index >= 15 is 0 Å². The van der Waals surface area contributed by atoms with E-state index < -0.39 is 0 Å². The van der Waals surface area contributed by atoms with Gasteiger partial charge in [-0.25, -0.2) is 0 Å². The van der Waals surface area contributed by atoms with E-state index in [1.165, 1.54) is 0 Å². The Morgan fingerprint density at radius 3 is 2.56 bits per heavy atom. The third kappa shape index (κ3) is 5.57. The molecular formula is C13H19BrClNO2. The van der Waals surface area contributed by atoms with Gasteiger partial charge in [0.15, 0.2) is 6.29 Å². The Morgan fingerprint density at radius 1 is 1.28 bits per heavy atom. The molecule has 0 aliphatic heterocycles. The number of hydrogen-bond acceptors (Lipinski definition) is 3. The molecule has 0 heterocycles. The zero-order valence-electron chi connectivity index (χ0n) is 10.7. The van der Waals surface area contributed by atoms with Crippen molar-refractivity contribution in [3.63, 3.8) is 0 Å². The van der Waals surface area contributed by atoms with E-state index in [2.05, 4.69) is 21.2 Å². The Balaban J connectivity index is 2.41. The molecule has 18 heavy (non-hydrogen) atoms. The molecule has 0 saturated heterocycles. The predicted octanol–water partition coefficient (Wildman–Crippen LogP) is 4.30. The maximum atomic E-state index is 5.95. The highest BCUT2D eigenvalue weighted by Gasteiger charge is 2.08. The number of rotatable bonds is 8. The van der Waals surface area contributed by atoms with E-state index in [0.717, 1.165) is 23.1 Å². The van der Waals surface area contributed by atoms with Gasteiger partial charge in [-0.15, -0.1) is 0 Å². The van der Waals surface area contributed by atoms with Crippen molar-refractivity contribution in [2.45, 2.75) is 26.6 Å². The lowest BCUT2D eigenvalue weighted by molar-refractivity contribution is -0.137. The molecule has 0 spiro atoms. The normalized spacial score (nSPS) is 10.9. The van der Waals surface area contributed by atoms with Gasteiger partial charge in [-0.1, -0.05) is 11.6 Å². The minimum Gasteiger partial charge on any atom is -0.384 e. The first-order valence-corrected chi connectivity index (χ1v) is 7.26. The first-order chi connectivity index (χ1) is 8.67. The highest BCUT2D eigenvalue weighted by atomic mass is 79.9. The van der Waals surface area contributed by atoms with Gasteiger partial charge in [-0.05, 0) is 48.0 Å². The summed E-state index contributed by atoms with van der Waals surface area (Å²) in [5.74, 6) is 0. The lowest BCUT2D eigenvalue weighted by Gasteiger charge is -2.17. The molecule has 102 valence electrons. The highest BCUT2D eigenvalue weighted by Crippen LogP contribution is 2.25. The second-order valence-electron chi connectivity index (χ2n) is 3.68. The van der Waals surface area contributed by atoms with Crippen LogP contribution in [0.15, 0.2) is 22.7 Å². The van der Waals surface area contributed by atoms with Gasteiger partial charge in [0, 0.05) is 41.4 Å². The predicted molar refractivity (Wildman–Crippen MR) is 79.3 cm³/mol. The van der Waals surface area contributed by atoms with Crippen LogP contribution in [0.2, 0.25) is 5.02 Å². The lowest BCUT2D eigenvalue weighted by Crippen LogP contribution is -2.21. The Morgan fingerprint density at radius 2 is 1.94 bits per heavy atom. The highest BCUT2D eigenvalue weighted by molar-refractivity contribution is 9.10. The zero-order valence-corrected chi connectivity index (χ0v) is 13.1. The summed E-state index contributed by atoms with van der Waals surface area (Å²) >= 11 is 9.42. The van der Waals surface area contributed by atoms with Gasteiger partial charge in [0.05, 0.1) is 0 Å². The summed E-state index contributed by atoms with van der Waals surface area (Å²) in [5.41, 5.74) is 0.981. The second kappa shape index (κ2) is 8.75. The quantitative estimate of drug-likeness (QED) is 0.718. The monoisotopic (exact) mass is 335 g/mol. The van der Waals surface area contributed by atoms with E-state index in [-0.39, 0.29) is 6.29 Å². The van der Waals surface area contributed by atoms with Gasteiger partial charge in [0.25, 0.3) is 0 Å². The van der Waals surface area contributed by atoms with Crippen molar-refractivity contribution in [2.75, 3.05) is 25.1 Å². The van der Waals surface area contributed by atoms with Crippen molar-refractivity contribution in [1.29, 1.82) is 0 Å². The van der Waals surface area contributed by atoms with Gasteiger partial charge in [-0.3, -0.25) is 0 Å². The average molecular weight is 337 g/mol. The summed E-state index contributed by atoms with van der Waals surface area (Å²) < 4.78 is 11.9. The zero-order chi connectivity index (χ0) is 13.4. The van der Waals surface area contributed by atoms with Crippen LogP contribution in [-0.2, 0) is 9.47 Å². The molecule has 0 aliphatic carbocycles. The molecule has 0 atom stereocenters. The maximum absolute atomic E-state index is 5.95. The molecule has 0 radical (unpaired) electrons. The largest absolute Gasteiger partial charge is 0.384 e. The van der Waals surface area contributed by atoms with Crippen LogP contribution >= 0.6 is 27.5 Å². The smallest absolute Gasteiger partial charge is 0.159 e. The summed E-state index contributed by atoms with van der Waals surface area (Å²) in [7, 11) is 0. The molecule has 5 heteroatoms. The minimum absolute atomic E-state index is 0.148. The lowest BCUT2D eigenvalue weighted by atomic mass is 10.3. The second-order valence-corrected chi connectivity index (χ2v) is 4.97. The molecule has 0 amide bonds. The van der Waals surface area contributed by atoms with E-state index in [9.17, 15) is 0 Å². The topological polar surface area (TPSA) is 30.5 Å². The molecule has 0 aromatic heterocycles. The molecule has 1 rings (SSSR count). The molecule has 0 unspecified atom stereocenters. The summed E-state index contributed by atoms with van der Waals surface area (Å²) in [6.07, 6.45) is 0.645. The van der Waals surface area contributed by atoms with Crippen LogP contribution < -0.4 is 5.32 Å². The Bertz CT molecular complexity index is 357. The van der Waals surface area contributed by atoms with Gasteiger partial charge in [0.2, 0.25) is 0 Å². The third-order valence-electron chi connectivity index (χ3n) is 2.33. The Labute approximate surface area is 122 Å². The van der Waals surface area contributed by atoms with E-state index in [1.54, 1.807) is 0 Å². The molecule has 1 aromatic rings. The van der Waals surface area contributed by atoms with Gasteiger partial charge in [0.1, 0.15) is 0 Å². The van der Waals surface area contributed by atoms with E-state index in [1.807, 2.05) is 32.0 Å². The van der Waals surface area contributed by atoms with Gasteiger partial charge in [-0.2, -0.15) is 0 Å². The van der Waals surface area contributed by atoms with Crippen molar-refractivity contribution in [2.24, 2.45) is 0 Å². The Hall–Kier alpha value is -0.290. The number of ether oxygens (including phenoxy) is 2. The summed E-state index contributed by atoms with van der Waals surface area (Å²) in [6.45, 7) is 6.01. The number of anilines is 1. The first-order valence-electron chi connectivity index (χ1n) is 6.09. The van der Waals surface area contributed by atoms with Crippen LogP contribution in [0, 0.1) is 0 Å². The van der Waals surface area contributed by atoms with Crippen LogP contribution in [-0.4, -0.2) is 26.0 Å². The fourth-order valence-electron chi connectivity index (χ4n) is 1.54. The molecule has 3 nitrogen and oxygen atoms in total. The number of halogens is 2. The fraction of sp³-hybridized carbons (Fsp3) is 0.538. The molecule has 0 bridgehead atoms. The number of nitrogens with one attached hydrogen (secondary N) is 1. The van der Waals surface area contributed by atoms with Gasteiger partial charge < -0.3 is 14.8 Å². The van der Waals surface area contributed by atoms with Crippen molar-refractivity contribution >= 4 is 33.2 Å². The molecule has 0 fully saturated rings. The standard InChI is InChI=1S/C13H19BrClNO2/c1-3-17-13(18-4-2)7-8-16-12-9-10(15)5-6-11(12)14/h5-6,9,13,16H,3-4,7-8H2,1-2H3. The van der Waals surface area contributed by atoms with Crippen LogP contribution in [0.1, 0.15) is 20.3 Å². The van der Waals surface area contributed by atoms with Gasteiger partial charge >= 0.3 is 0 Å². The number of benzene rings is 1. The van der Waals surface area contributed by atoms with Crippen LogP contribution in [0.25, 0.3) is 0 Å².